The second-order valence-corrected chi connectivity index (χ2v) is 3.89. The van der Waals surface area contributed by atoms with E-state index >= 15 is 0 Å². The second-order valence-electron chi connectivity index (χ2n) is 3.48. The van der Waals surface area contributed by atoms with E-state index in [9.17, 15) is 4.39 Å². The summed E-state index contributed by atoms with van der Waals surface area (Å²) in [7, 11) is 0. The van der Waals surface area contributed by atoms with Gasteiger partial charge in [-0.05, 0) is 25.1 Å². The molecule has 0 atom stereocenters. The van der Waals surface area contributed by atoms with Gasteiger partial charge in [0.1, 0.15) is 23.8 Å². The van der Waals surface area contributed by atoms with Crippen molar-refractivity contribution in [2.75, 3.05) is 11.1 Å². The van der Waals surface area contributed by atoms with Crippen LogP contribution in [-0.2, 0) is 0 Å². The lowest BCUT2D eigenvalue weighted by atomic mass is 10.2. The lowest BCUT2D eigenvalue weighted by molar-refractivity contribution is 0.628. The van der Waals surface area contributed by atoms with Crippen molar-refractivity contribution in [2.45, 2.75) is 6.92 Å². The summed E-state index contributed by atoms with van der Waals surface area (Å²) < 4.78 is 12.9. The molecule has 3 N–H and O–H groups in total. The van der Waals surface area contributed by atoms with E-state index in [0.29, 0.717) is 22.9 Å². The third-order valence-corrected chi connectivity index (χ3v) is 2.62. The maximum absolute atomic E-state index is 12.9. The zero-order valence-corrected chi connectivity index (χ0v) is 9.79. The van der Waals surface area contributed by atoms with Gasteiger partial charge in [-0.2, -0.15) is 0 Å². The van der Waals surface area contributed by atoms with Crippen molar-refractivity contribution in [3.8, 4) is 0 Å². The van der Waals surface area contributed by atoms with Crippen molar-refractivity contribution >= 4 is 28.9 Å². The van der Waals surface area contributed by atoms with Gasteiger partial charge in [0, 0.05) is 5.56 Å². The number of hydrogen-bond acceptors (Lipinski definition) is 4. The number of benzene rings is 1. The predicted molar refractivity (Wildman–Crippen MR) is 65.9 cm³/mol. The van der Waals surface area contributed by atoms with Crippen molar-refractivity contribution in [3.05, 3.63) is 40.9 Å². The molecule has 0 aliphatic rings. The molecule has 0 amide bonds. The highest BCUT2D eigenvalue weighted by atomic mass is 35.5. The van der Waals surface area contributed by atoms with E-state index in [4.69, 9.17) is 17.3 Å². The van der Waals surface area contributed by atoms with E-state index in [1.807, 2.05) is 0 Å². The third kappa shape index (κ3) is 2.45. The first-order valence-electron chi connectivity index (χ1n) is 4.87. The highest BCUT2D eigenvalue weighted by Crippen LogP contribution is 2.27. The van der Waals surface area contributed by atoms with Crippen LogP contribution in [0.4, 0.5) is 21.7 Å². The monoisotopic (exact) mass is 252 g/mol. The topological polar surface area (TPSA) is 63.8 Å². The minimum atomic E-state index is -0.389. The summed E-state index contributed by atoms with van der Waals surface area (Å²) in [5, 5.41) is 3.26. The fourth-order valence-electron chi connectivity index (χ4n) is 1.31. The molecular weight excluding hydrogens is 243 g/mol. The van der Waals surface area contributed by atoms with E-state index < -0.39 is 0 Å². The Labute approximate surface area is 103 Å². The molecule has 6 heteroatoms. The normalized spacial score (nSPS) is 10.3. The van der Waals surface area contributed by atoms with E-state index in [0.717, 1.165) is 0 Å². The van der Waals surface area contributed by atoms with Crippen molar-refractivity contribution in [3.63, 3.8) is 0 Å². The van der Waals surface area contributed by atoms with E-state index in [1.165, 1.54) is 24.5 Å². The van der Waals surface area contributed by atoms with Gasteiger partial charge < -0.3 is 11.1 Å². The molecule has 0 radical (unpaired) electrons. The lowest BCUT2D eigenvalue weighted by Gasteiger charge is -2.10. The first-order chi connectivity index (χ1) is 8.08. The van der Waals surface area contributed by atoms with Gasteiger partial charge in [0.25, 0.3) is 0 Å². The summed E-state index contributed by atoms with van der Waals surface area (Å²) in [6, 6.07) is 4.08. The highest BCUT2D eigenvalue weighted by molar-refractivity contribution is 6.33. The Kier molecular flexibility index (Phi) is 3.10. The molecule has 1 aromatic carbocycles. The molecule has 1 heterocycles. The van der Waals surface area contributed by atoms with Gasteiger partial charge in [0.05, 0.1) is 10.7 Å². The average molecular weight is 253 g/mol. The molecule has 2 rings (SSSR count). The average Bonchev–Trinajstić information content (AvgIpc) is 2.28. The number of halogens is 2. The minimum absolute atomic E-state index is 0.279. The zero-order chi connectivity index (χ0) is 12.4. The molecule has 2 aromatic rings. The SMILES string of the molecule is Cc1c(N)ncnc1Nc1ccc(F)cc1Cl. The van der Waals surface area contributed by atoms with Crippen molar-refractivity contribution in [2.24, 2.45) is 0 Å². The highest BCUT2D eigenvalue weighted by Gasteiger charge is 2.07. The fourth-order valence-corrected chi connectivity index (χ4v) is 1.52. The summed E-state index contributed by atoms with van der Waals surface area (Å²) in [6.45, 7) is 1.79. The molecule has 0 saturated carbocycles. The number of nitrogens with two attached hydrogens (primary N) is 1. The standard InChI is InChI=1S/C11H10ClFN4/c1-6-10(14)15-5-16-11(6)17-9-3-2-7(13)4-8(9)12/h2-5H,1H3,(H3,14,15,16,17). The fraction of sp³-hybridized carbons (Fsp3) is 0.0909. The largest absolute Gasteiger partial charge is 0.383 e. The van der Waals surface area contributed by atoms with Crippen LogP contribution in [0.1, 0.15) is 5.56 Å². The maximum atomic E-state index is 12.9. The van der Waals surface area contributed by atoms with Gasteiger partial charge in [-0.3, -0.25) is 0 Å². The molecule has 0 aliphatic heterocycles. The number of nitrogens with one attached hydrogen (secondary N) is 1. The predicted octanol–water partition coefficient (Wildman–Crippen LogP) is 2.90. The number of aromatic nitrogens is 2. The Morgan fingerprint density at radius 2 is 2.12 bits per heavy atom. The first kappa shape index (κ1) is 11.6. The number of rotatable bonds is 2. The van der Waals surface area contributed by atoms with E-state index in [2.05, 4.69) is 15.3 Å². The van der Waals surface area contributed by atoms with Gasteiger partial charge in [-0.15, -0.1) is 0 Å². The molecule has 0 aliphatic carbocycles. The van der Waals surface area contributed by atoms with Crippen LogP contribution in [0, 0.1) is 12.7 Å². The molecule has 1 aromatic heterocycles. The molecule has 0 unspecified atom stereocenters. The first-order valence-corrected chi connectivity index (χ1v) is 5.25. The van der Waals surface area contributed by atoms with E-state index in [-0.39, 0.29) is 10.8 Å². The van der Waals surface area contributed by atoms with Crippen molar-refractivity contribution < 1.29 is 4.39 Å². The Bertz CT molecular complexity index is 559. The molecule has 0 saturated heterocycles. The molecule has 17 heavy (non-hydrogen) atoms. The van der Waals surface area contributed by atoms with Gasteiger partial charge in [-0.1, -0.05) is 11.6 Å². The number of nitrogens with zero attached hydrogens (tertiary/aromatic N) is 2. The second kappa shape index (κ2) is 4.55. The molecule has 0 spiro atoms. The van der Waals surface area contributed by atoms with Crippen molar-refractivity contribution in [1.29, 1.82) is 0 Å². The van der Waals surface area contributed by atoms with Crippen LogP contribution in [0.25, 0.3) is 0 Å². The van der Waals surface area contributed by atoms with Gasteiger partial charge in [0.2, 0.25) is 0 Å². The molecule has 4 nitrogen and oxygen atoms in total. The number of anilines is 3. The van der Waals surface area contributed by atoms with E-state index in [1.54, 1.807) is 6.92 Å². The van der Waals surface area contributed by atoms with Gasteiger partial charge in [0.15, 0.2) is 0 Å². The molecule has 0 bridgehead atoms. The van der Waals surface area contributed by atoms with Crippen molar-refractivity contribution in [1.82, 2.24) is 9.97 Å². The Morgan fingerprint density at radius 1 is 1.35 bits per heavy atom. The number of hydrogen-bond donors (Lipinski definition) is 2. The molecule has 0 fully saturated rings. The lowest BCUT2D eigenvalue weighted by Crippen LogP contribution is -2.02. The maximum Gasteiger partial charge on any atom is 0.138 e. The smallest absolute Gasteiger partial charge is 0.138 e. The summed E-state index contributed by atoms with van der Waals surface area (Å²) in [6.07, 6.45) is 1.35. The third-order valence-electron chi connectivity index (χ3n) is 2.31. The Balaban J connectivity index is 2.35. The van der Waals surface area contributed by atoms with Crippen LogP contribution in [-0.4, -0.2) is 9.97 Å². The summed E-state index contributed by atoms with van der Waals surface area (Å²) in [4.78, 5) is 7.89. The van der Waals surface area contributed by atoms with Gasteiger partial charge >= 0.3 is 0 Å². The zero-order valence-electron chi connectivity index (χ0n) is 9.04. The van der Waals surface area contributed by atoms with Crippen LogP contribution < -0.4 is 11.1 Å². The summed E-state index contributed by atoms with van der Waals surface area (Å²) in [5.74, 6) is 0.547. The Morgan fingerprint density at radius 3 is 2.82 bits per heavy atom. The van der Waals surface area contributed by atoms with Gasteiger partial charge in [-0.25, -0.2) is 14.4 Å². The minimum Gasteiger partial charge on any atom is -0.383 e. The van der Waals surface area contributed by atoms with Crippen LogP contribution in [0.15, 0.2) is 24.5 Å². The molecule has 88 valence electrons. The Hall–Kier alpha value is -1.88. The summed E-state index contributed by atoms with van der Waals surface area (Å²) >= 11 is 5.89. The summed E-state index contributed by atoms with van der Waals surface area (Å²) in [5.41, 5.74) is 6.93. The molecular formula is C11H10ClFN4. The van der Waals surface area contributed by atoms with Crippen LogP contribution >= 0.6 is 11.6 Å². The van der Waals surface area contributed by atoms with Crippen LogP contribution in [0.5, 0.6) is 0 Å². The van der Waals surface area contributed by atoms with Crippen LogP contribution in [0.3, 0.4) is 0 Å². The van der Waals surface area contributed by atoms with Crippen LogP contribution in [0.2, 0.25) is 5.02 Å². The quantitative estimate of drug-likeness (QED) is 0.863. The number of nitrogen functional groups attached to an aromatic ring is 1.